The van der Waals surface area contributed by atoms with E-state index in [4.69, 9.17) is 11.6 Å². The molecule has 0 unspecified atom stereocenters. The number of benzene rings is 1. The minimum atomic E-state index is -0.291. The highest BCUT2D eigenvalue weighted by molar-refractivity contribution is 6.30. The number of aryl methyl sites for hydroxylation is 1. The standard InChI is InChI=1S/C14H13ClN2O/c1-2-11-7-9-17(10-8-11)16-14(18)12-3-5-13(15)6-4-12/h3-10H,2H2,1H3. The molecule has 0 radical (unpaired) electrons. The lowest BCUT2D eigenvalue weighted by molar-refractivity contribution is -0.681. The Labute approximate surface area is 111 Å². The minimum absolute atomic E-state index is 0.291. The van der Waals surface area contributed by atoms with Crippen molar-refractivity contribution in [3.8, 4) is 0 Å². The van der Waals surface area contributed by atoms with Crippen LogP contribution in [0.5, 0.6) is 0 Å². The summed E-state index contributed by atoms with van der Waals surface area (Å²) in [7, 11) is 0. The molecular formula is C14H13ClN2O. The van der Waals surface area contributed by atoms with Crippen LogP contribution in [0.1, 0.15) is 18.1 Å². The maximum atomic E-state index is 11.8. The summed E-state index contributed by atoms with van der Waals surface area (Å²) in [5, 5.41) is 16.4. The smallest absolute Gasteiger partial charge is 0.202 e. The van der Waals surface area contributed by atoms with Crippen molar-refractivity contribution in [2.45, 2.75) is 13.3 Å². The molecule has 0 aliphatic carbocycles. The lowest BCUT2D eigenvalue weighted by atomic mass is 10.2. The Balaban J connectivity index is 2.23. The third-order valence-corrected chi connectivity index (χ3v) is 2.84. The van der Waals surface area contributed by atoms with Crippen molar-refractivity contribution < 1.29 is 9.78 Å². The fourth-order valence-electron chi connectivity index (χ4n) is 1.51. The second-order valence-corrected chi connectivity index (χ2v) is 4.29. The van der Waals surface area contributed by atoms with Gasteiger partial charge in [0.05, 0.1) is 5.90 Å². The Morgan fingerprint density at radius 1 is 1.17 bits per heavy atom. The predicted octanol–water partition coefficient (Wildman–Crippen LogP) is 1.76. The van der Waals surface area contributed by atoms with Gasteiger partial charge in [-0.05, 0) is 34.8 Å². The van der Waals surface area contributed by atoms with Gasteiger partial charge in [0.2, 0.25) is 12.4 Å². The highest BCUT2D eigenvalue weighted by Crippen LogP contribution is 2.08. The first-order chi connectivity index (χ1) is 8.69. The van der Waals surface area contributed by atoms with E-state index in [0.29, 0.717) is 10.6 Å². The maximum Gasteiger partial charge on any atom is 0.202 e. The van der Waals surface area contributed by atoms with Crippen LogP contribution in [0.3, 0.4) is 0 Å². The summed E-state index contributed by atoms with van der Waals surface area (Å²) in [5.41, 5.74) is 1.73. The molecule has 2 aromatic rings. The molecule has 2 rings (SSSR count). The first-order valence-corrected chi connectivity index (χ1v) is 6.09. The van der Waals surface area contributed by atoms with Crippen LogP contribution < -0.4 is 9.78 Å². The van der Waals surface area contributed by atoms with Gasteiger partial charge in [-0.15, -0.1) is 0 Å². The molecule has 0 atom stereocenters. The van der Waals surface area contributed by atoms with Gasteiger partial charge in [-0.3, -0.25) is 0 Å². The molecule has 0 bridgehead atoms. The molecule has 0 fully saturated rings. The number of hydrogen-bond donors (Lipinski definition) is 0. The molecule has 1 aromatic heterocycles. The average Bonchev–Trinajstić information content (AvgIpc) is 2.40. The fraction of sp³-hybridized carbons (Fsp3) is 0.143. The SMILES string of the molecule is CCc1cc[n+](/N=C(/[O-])c2ccc(Cl)cc2)cc1. The molecule has 0 amide bonds. The summed E-state index contributed by atoms with van der Waals surface area (Å²) in [4.78, 5) is 0. The molecule has 0 aliphatic heterocycles. The van der Waals surface area contributed by atoms with E-state index in [1.807, 2.05) is 12.1 Å². The molecule has 4 heteroatoms. The van der Waals surface area contributed by atoms with E-state index < -0.39 is 0 Å². The van der Waals surface area contributed by atoms with Crippen LogP contribution >= 0.6 is 11.6 Å². The van der Waals surface area contributed by atoms with Gasteiger partial charge in [-0.1, -0.05) is 35.3 Å². The summed E-state index contributed by atoms with van der Waals surface area (Å²) in [6.45, 7) is 2.08. The van der Waals surface area contributed by atoms with Crippen molar-refractivity contribution in [1.82, 2.24) is 0 Å². The van der Waals surface area contributed by atoms with Crippen LogP contribution in [-0.2, 0) is 6.42 Å². The Hall–Kier alpha value is -1.87. The van der Waals surface area contributed by atoms with Crippen molar-refractivity contribution >= 4 is 17.5 Å². The Morgan fingerprint density at radius 3 is 2.33 bits per heavy atom. The van der Waals surface area contributed by atoms with E-state index in [2.05, 4.69) is 12.0 Å². The van der Waals surface area contributed by atoms with Crippen LogP contribution in [0.25, 0.3) is 0 Å². The maximum absolute atomic E-state index is 11.8. The summed E-state index contributed by atoms with van der Waals surface area (Å²) >= 11 is 5.76. The highest BCUT2D eigenvalue weighted by atomic mass is 35.5. The van der Waals surface area contributed by atoms with Gasteiger partial charge in [-0.2, -0.15) is 0 Å². The molecule has 0 spiro atoms. The van der Waals surface area contributed by atoms with E-state index in [9.17, 15) is 5.11 Å². The first kappa shape index (κ1) is 12.6. The molecule has 0 aliphatic rings. The molecular weight excluding hydrogens is 248 g/mol. The van der Waals surface area contributed by atoms with Crippen LogP contribution in [0.15, 0.2) is 53.9 Å². The molecule has 18 heavy (non-hydrogen) atoms. The summed E-state index contributed by atoms with van der Waals surface area (Å²) in [6.07, 6.45) is 4.51. The lowest BCUT2D eigenvalue weighted by Gasteiger charge is -2.06. The Kier molecular flexibility index (Phi) is 3.95. The van der Waals surface area contributed by atoms with Gasteiger partial charge < -0.3 is 5.11 Å². The monoisotopic (exact) mass is 260 g/mol. The van der Waals surface area contributed by atoms with Gasteiger partial charge in [0.15, 0.2) is 0 Å². The number of halogens is 1. The number of rotatable bonds is 3. The van der Waals surface area contributed by atoms with Gasteiger partial charge in [0.25, 0.3) is 0 Å². The third kappa shape index (κ3) is 3.08. The number of aromatic nitrogens is 1. The summed E-state index contributed by atoms with van der Waals surface area (Å²) < 4.78 is 1.51. The zero-order valence-corrected chi connectivity index (χ0v) is 10.8. The molecule has 0 N–H and O–H groups in total. The quantitative estimate of drug-likeness (QED) is 0.471. The second kappa shape index (κ2) is 5.65. The van der Waals surface area contributed by atoms with Gasteiger partial charge in [-0.25, -0.2) is 0 Å². The van der Waals surface area contributed by atoms with Gasteiger partial charge in [0, 0.05) is 17.2 Å². The molecule has 1 heterocycles. The average molecular weight is 261 g/mol. The predicted molar refractivity (Wildman–Crippen MR) is 69.4 cm³/mol. The number of pyridine rings is 1. The van der Waals surface area contributed by atoms with E-state index in [0.717, 1.165) is 6.42 Å². The molecule has 0 saturated heterocycles. The number of hydrogen-bond acceptors (Lipinski definition) is 2. The van der Waals surface area contributed by atoms with Crippen molar-refractivity contribution in [1.29, 1.82) is 0 Å². The third-order valence-electron chi connectivity index (χ3n) is 2.59. The zero-order valence-electron chi connectivity index (χ0n) is 10.0. The molecule has 1 aromatic carbocycles. The Morgan fingerprint density at radius 2 is 1.78 bits per heavy atom. The molecule has 0 saturated carbocycles. The topological polar surface area (TPSA) is 39.3 Å². The van der Waals surface area contributed by atoms with Crippen molar-refractivity contribution in [3.63, 3.8) is 0 Å². The van der Waals surface area contributed by atoms with Crippen LogP contribution in [0.4, 0.5) is 0 Å². The van der Waals surface area contributed by atoms with Crippen LogP contribution in [0, 0.1) is 0 Å². The van der Waals surface area contributed by atoms with Crippen LogP contribution in [-0.4, -0.2) is 5.90 Å². The normalized spacial score (nSPS) is 11.6. The van der Waals surface area contributed by atoms with Crippen molar-refractivity contribution in [2.24, 2.45) is 5.10 Å². The zero-order chi connectivity index (χ0) is 13.0. The fourth-order valence-corrected chi connectivity index (χ4v) is 1.63. The van der Waals surface area contributed by atoms with Crippen molar-refractivity contribution in [3.05, 3.63) is 64.9 Å². The molecule has 3 nitrogen and oxygen atoms in total. The van der Waals surface area contributed by atoms with Gasteiger partial charge >= 0.3 is 0 Å². The summed E-state index contributed by atoms with van der Waals surface area (Å²) in [6, 6.07) is 10.6. The first-order valence-electron chi connectivity index (χ1n) is 5.71. The van der Waals surface area contributed by atoms with E-state index in [1.54, 1.807) is 36.7 Å². The van der Waals surface area contributed by atoms with Gasteiger partial charge in [0.1, 0.15) is 0 Å². The minimum Gasteiger partial charge on any atom is -0.854 e. The van der Waals surface area contributed by atoms with Crippen molar-refractivity contribution in [2.75, 3.05) is 0 Å². The van der Waals surface area contributed by atoms with Crippen LogP contribution in [0.2, 0.25) is 5.02 Å². The largest absolute Gasteiger partial charge is 0.854 e. The van der Waals surface area contributed by atoms with E-state index >= 15 is 0 Å². The second-order valence-electron chi connectivity index (χ2n) is 3.85. The highest BCUT2D eigenvalue weighted by Gasteiger charge is 1.99. The van der Waals surface area contributed by atoms with E-state index in [1.165, 1.54) is 10.2 Å². The summed E-state index contributed by atoms with van der Waals surface area (Å²) in [5.74, 6) is -0.291. The lowest BCUT2D eigenvalue weighted by Crippen LogP contribution is -2.33. The molecule has 92 valence electrons. The van der Waals surface area contributed by atoms with E-state index in [-0.39, 0.29) is 5.90 Å². The Bertz CT molecular complexity index is 547. The number of nitrogens with zero attached hydrogens (tertiary/aromatic N) is 2.